The molecule has 0 aliphatic rings. The average molecular weight is 405 g/mol. The van der Waals surface area contributed by atoms with Crippen LogP contribution in [0.15, 0.2) is 42.5 Å². The molecule has 0 saturated carbocycles. The standard InChI is InChI=1S/C20H20N4O.2ClH/c1-13-5-20(22)24-19-9-14(3-4-18(13)19)12-25-17-7-15(10-21)6-16(8-17)11-23-2;;/h3-9,23H,11-12H2,1-2H3,(H2,22,24);2*1H. The number of rotatable bonds is 5. The van der Waals surface area contributed by atoms with Gasteiger partial charge in [0, 0.05) is 11.9 Å². The first-order valence-electron chi connectivity index (χ1n) is 8.06. The van der Waals surface area contributed by atoms with Crippen LogP contribution in [-0.2, 0) is 13.2 Å². The zero-order chi connectivity index (χ0) is 17.8. The molecule has 0 fully saturated rings. The van der Waals surface area contributed by atoms with E-state index < -0.39 is 0 Å². The van der Waals surface area contributed by atoms with E-state index in [0.717, 1.165) is 27.6 Å². The van der Waals surface area contributed by atoms with Gasteiger partial charge in [-0.15, -0.1) is 24.8 Å². The molecule has 0 atom stereocenters. The quantitative estimate of drug-likeness (QED) is 0.667. The van der Waals surface area contributed by atoms with Crippen molar-refractivity contribution < 1.29 is 4.74 Å². The molecule has 1 heterocycles. The van der Waals surface area contributed by atoms with Crippen molar-refractivity contribution in [3.63, 3.8) is 0 Å². The fraction of sp³-hybridized carbons (Fsp3) is 0.200. The Morgan fingerprint density at radius 3 is 2.59 bits per heavy atom. The Morgan fingerprint density at radius 1 is 1.11 bits per heavy atom. The summed E-state index contributed by atoms with van der Waals surface area (Å²) in [5.41, 5.74) is 10.4. The van der Waals surface area contributed by atoms with E-state index in [-0.39, 0.29) is 24.8 Å². The van der Waals surface area contributed by atoms with Crippen molar-refractivity contribution in [2.75, 3.05) is 12.8 Å². The molecule has 0 aliphatic heterocycles. The Balaban J connectivity index is 0.00000182. The van der Waals surface area contributed by atoms with E-state index in [1.165, 1.54) is 0 Å². The highest BCUT2D eigenvalue weighted by Crippen LogP contribution is 2.22. The van der Waals surface area contributed by atoms with Crippen molar-refractivity contribution in [1.29, 1.82) is 5.26 Å². The SMILES string of the molecule is CNCc1cc(C#N)cc(OCc2ccc3c(C)cc(N)nc3c2)c1.Cl.Cl. The Bertz CT molecular complexity index is 970. The van der Waals surface area contributed by atoms with Gasteiger partial charge < -0.3 is 15.8 Å². The molecule has 0 aliphatic carbocycles. The van der Waals surface area contributed by atoms with Gasteiger partial charge in [0.1, 0.15) is 18.2 Å². The maximum absolute atomic E-state index is 9.16. The van der Waals surface area contributed by atoms with Gasteiger partial charge in [-0.3, -0.25) is 0 Å². The summed E-state index contributed by atoms with van der Waals surface area (Å²) in [4.78, 5) is 4.39. The molecule has 7 heteroatoms. The first kappa shape index (κ1) is 22.5. The van der Waals surface area contributed by atoms with E-state index in [2.05, 4.69) is 16.4 Å². The number of fused-ring (bicyclic) bond motifs is 1. The van der Waals surface area contributed by atoms with E-state index in [1.807, 2.05) is 50.4 Å². The van der Waals surface area contributed by atoms with Gasteiger partial charge in [-0.25, -0.2) is 4.98 Å². The number of nitrogens with two attached hydrogens (primary N) is 1. The largest absolute Gasteiger partial charge is 0.489 e. The summed E-state index contributed by atoms with van der Waals surface area (Å²) in [5, 5.41) is 13.3. The van der Waals surface area contributed by atoms with Crippen LogP contribution in [-0.4, -0.2) is 12.0 Å². The second-order valence-corrected chi connectivity index (χ2v) is 6.01. The predicted molar refractivity (Wildman–Crippen MR) is 114 cm³/mol. The number of hydrogen-bond acceptors (Lipinski definition) is 5. The first-order chi connectivity index (χ1) is 12.1. The van der Waals surface area contributed by atoms with Crippen LogP contribution in [0.25, 0.3) is 10.9 Å². The fourth-order valence-corrected chi connectivity index (χ4v) is 2.85. The minimum absolute atomic E-state index is 0. The number of nitrogen functional groups attached to an aromatic ring is 1. The van der Waals surface area contributed by atoms with Crippen LogP contribution in [0.4, 0.5) is 5.82 Å². The lowest BCUT2D eigenvalue weighted by atomic mass is 10.1. The average Bonchev–Trinajstić information content (AvgIpc) is 2.59. The van der Waals surface area contributed by atoms with Crippen LogP contribution >= 0.6 is 24.8 Å². The molecule has 142 valence electrons. The van der Waals surface area contributed by atoms with Gasteiger partial charge in [0.25, 0.3) is 0 Å². The van der Waals surface area contributed by atoms with Crippen molar-refractivity contribution >= 4 is 41.5 Å². The van der Waals surface area contributed by atoms with Gasteiger partial charge in [0.05, 0.1) is 17.1 Å². The molecule has 0 unspecified atom stereocenters. The lowest BCUT2D eigenvalue weighted by Gasteiger charge is -2.10. The Morgan fingerprint density at radius 2 is 1.89 bits per heavy atom. The van der Waals surface area contributed by atoms with Crippen molar-refractivity contribution in [3.8, 4) is 11.8 Å². The van der Waals surface area contributed by atoms with Gasteiger partial charge in [0.15, 0.2) is 0 Å². The van der Waals surface area contributed by atoms with Crippen LogP contribution < -0.4 is 15.8 Å². The van der Waals surface area contributed by atoms with E-state index in [1.54, 1.807) is 6.07 Å². The fourth-order valence-electron chi connectivity index (χ4n) is 2.85. The highest BCUT2D eigenvalue weighted by atomic mass is 35.5. The van der Waals surface area contributed by atoms with E-state index in [4.69, 9.17) is 15.7 Å². The second-order valence-electron chi connectivity index (χ2n) is 6.01. The highest BCUT2D eigenvalue weighted by Gasteiger charge is 2.05. The molecule has 0 spiro atoms. The Hall–Kier alpha value is -2.52. The molecule has 2 aromatic carbocycles. The van der Waals surface area contributed by atoms with Crippen molar-refractivity contribution in [2.24, 2.45) is 0 Å². The summed E-state index contributed by atoms with van der Waals surface area (Å²) in [6, 6.07) is 15.6. The predicted octanol–water partition coefficient (Wildman–Crippen LogP) is 4.14. The number of hydrogen-bond donors (Lipinski definition) is 2. The summed E-state index contributed by atoms with van der Waals surface area (Å²) in [7, 11) is 1.87. The number of aryl methyl sites for hydroxylation is 1. The van der Waals surface area contributed by atoms with Crippen LogP contribution in [0.3, 0.4) is 0 Å². The summed E-state index contributed by atoms with van der Waals surface area (Å²) >= 11 is 0. The number of anilines is 1. The summed E-state index contributed by atoms with van der Waals surface area (Å²) in [5.74, 6) is 1.20. The number of benzene rings is 2. The Kier molecular flexibility index (Phi) is 8.32. The number of nitrogens with one attached hydrogen (secondary N) is 1. The number of aromatic nitrogens is 1. The van der Waals surface area contributed by atoms with Gasteiger partial charge >= 0.3 is 0 Å². The molecular weight excluding hydrogens is 383 g/mol. The Labute approximate surface area is 171 Å². The van der Waals surface area contributed by atoms with Crippen molar-refractivity contribution in [2.45, 2.75) is 20.1 Å². The van der Waals surface area contributed by atoms with Gasteiger partial charge in [-0.05, 0) is 61.0 Å². The third kappa shape index (κ3) is 5.48. The minimum atomic E-state index is 0. The topological polar surface area (TPSA) is 84.0 Å². The van der Waals surface area contributed by atoms with E-state index in [9.17, 15) is 0 Å². The van der Waals surface area contributed by atoms with Gasteiger partial charge in [-0.1, -0.05) is 12.1 Å². The normalized spacial score (nSPS) is 9.81. The van der Waals surface area contributed by atoms with E-state index in [0.29, 0.717) is 30.3 Å². The lowest BCUT2D eigenvalue weighted by molar-refractivity contribution is 0.306. The maximum atomic E-state index is 9.16. The zero-order valence-corrected chi connectivity index (χ0v) is 16.8. The molecule has 0 saturated heterocycles. The van der Waals surface area contributed by atoms with E-state index >= 15 is 0 Å². The molecule has 27 heavy (non-hydrogen) atoms. The minimum Gasteiger partial charge on any atom is -0.489 e. The molecule has 3 N–H and O–H groups in total. The highest BCUT2D eigenvalue weighted by molar-refractivity contribution is 5.86. The number of nitriles is 1. The monoisotopic (exact) mass is 404 g/mol. The maximum Gasteiger partial charge on any atom is 0.124 e. The number of nitrogens with zero attached hydrogens (tertiary/aromatic N) is 2. The third-order valence-corrected chi connectivity index (χ3v) is 3.98. The number of ether oxygens (including phenoxy) is 1. The van der Waals surface area contributed by atoms with Gasteiger partial charge in [-0.2, -0.15) is 5.26 Å². The molecular formula is C20H22Cl2N4O. The molecule has 3 rings (SSSR count). The van der Waals surface area contributed by atoms with Gasteiger partial charge in [0.2, 0.25) is 0 Å². The van der Waals surface area contributed by atoms with Crippen LogP contribution in [0, 0.1) is 18.3 Å². The third-order valence-electron chi connectivity index (χ3n) is 3.98. The van der Waals surface area contributed by atoms with Crippen LogP contribution in [0.1, 0.15) is 22.3 Å². The lowest BCUT2D eigenvalue weighted by Crippen LogP contribution is -2.06. The van der Waals surface area contributed by atoms with Crippen LogP contribution in [0.2, 0.25) is 0 Å². The number of halogens is 2. The summed E-state index contributed by atoms with van der Waals surface area (Å²) in [6.45, 7) is 3.11. The zero-order valence-electron chi connectivity index (χ0n) is 15.2. The molecule has 0 amide bonds. The summed E-state index contributed by atoms with van der Waals surface area (Å²) in [6.07, 6.45) is 0. The molecule has 0 bridgehead atoms. The smallest absolute Gasteiger partial charge is 0.124 e. The molecule has 3 aromatic rings. The molecule has 5 nitrogen and oxygen atoms in total. The van der Waals surface area contributed by atoms with Crippen molar-refractivity contribution in [3.05, 3.63) is 64.7 Å². The molecule has 1 aromatic heterocycles. The van der Waals surface area contributed by atoms with Crippen LogP contribution in [0.5, 0.6) is 5.75 Å². The first-order valence-corrected chi connectivity index (χ1v) is 8.06. The second kappa shape index (κ2) is 9.98. The van der Waals surface area contributed by atoms with Crippen molar-refractivity contribution in [1.82, 2.24) is 10.3 Å². The summed E-state index contributed by atoms with van der Waals surface area (Å²) < 4.78 is 5.89. The molecule has 0 radical (unpaired) electrons. The number of pyridine rings is 1.